The Kier molecular flexibility index (Phi) is 5.16. The van der Waals surface area contributed by atoms with Gasteiger partial charge in [0.2, 0.25) is 11.8 Å². The number of aromatic carboxylic acids is 1. The molecule has 2 heterocycles. The van der Waals surface area contributed by atoms with Crippen LogP contribution in [0.25, 0.3) is 0 Å². The van der Waals surface area contributed by atoms with E-state index in [0.29, 0.717) is 5.95 Å². The molecule has 0 amide bonds. The van der Waals surface area contributed by atoms with E-state index in [2.05, 4.69) is 21.8 Å². The van der Waals surface area contributed by atoms with Crippen LogP contribution in [-0.4, -0.2) is 34.1 Å². The summed E-state index contributed by atoms with van der Waals surface area (Å²) in [4.78, 5) is 22.1. The molecule has 3 rings (SSSR count). The van der Waals surface area contributed by atoms with E-state index in [9.17, 15) is 9.90 Å². The molecule has 1 N–H and O–H groups in total. The molecule has 1 aromatic heterocycles. The normalized spacial score (nSPS) is 14.4. The van der Waals surface area contributed by atoms with E-state index in [1.165, 1.54) is 23.7 Å². The first-order valence-corrected chi connectivity index (χ1v) is 8.59. The maximum atomic E-state index is 11.4. The molecule has 1 fully saturated rings. The van der Waals surface area contributed by atoms with Gasteiger partial charge in [0.05, 0.1) is 6.20 Å². The van der Waals surface area contributed by atoms with E-state index in [0.717, 1.165) is 31.5 Å². The van der Waals surface area contributed by atoms with Crippen LogP contribution < -0.4 is 9.64 Å². The SMILES string of the molecule is Cc1ccc(COc2nc(N3CCCCC3)ncc2C(=O)O)cc1C. The molecule has 0 spiro atoms. The minimum absolute atomic E-state index is 0.00964. The highest BCUT2D eigenvalue weighted by molar-refractivity contribution is 5.89. The van der Waals surface area contributed by atoms with Crippen LogP contribution in [0.5, 0.6) is 5.88 Å². The third kappa shape index (κ3) is 4.07. The van der Waals surface area contributed by atoms with Crippen molar-refractivity contribution in [1.82, 2.24) is 9.97 Å². The first-order chi connectivity index (χ1) is 12.0. The standard InChI is InChI=1S/C19H23N3O3/c1-13-6-7-15(10-14(13)2)12-25-17-16(18(23)24)11-20-19(21-17)22-8-4-3-5-9-22/h6-7,10-11H,3-5,8-9,12H2,1-2H3,(H,23,24). The molecule has 0 radical (unpaired) electrons. The summed E-state index contributed by atoms with van der Waals surface area (Å²) < 4.78 is 5.75. The summed E-state index contributed by atoms with van der Waals surface area (Å²) in [7, 11) is 0. The summed E-state index contributed by atoms with van der Waals surface area (Å²) >= 11 is 0. The van der Waals surface area contributed by atoms with E-state index in [1.54, 1.807) is 0 Å². The first kappa shape index (κ1) is 17.2. The molecule has 0 aliphatic carbocycles. The van der Waals surface area contributed by atoms with E-state index >= 15 is 0 Å². The summed E-state index contributed by atoms with van der Waals surface area (Å²) in [6.07, 6.45) is 4.75. The van der Waals surface area contributed by atoms with Gasteiger partial charge in [-0.3, -0.25) is 0 Å². The third-order valence-corrected chi connectivity index (χ3v) is 4.56. The second-order valence-corrected chi connectivity index (χ2v) is 6.45. The fourth-order valence-electron chi connectivity index (χ4n) is 2.91. The van der Waals surface area contributed by atoms with Gasteiger partial charge in [-0.05, 0) is 49.8 Å². The van der Waals surface area contributed by atoms with Crippen LogP contribution in [0.2, 0.25) is 0 Å². The molecule has 2 aromatic rings. The lowest BCUT2D eigenvalue weighted by atomic mass is 10.1. The number of anilines is 1. The maximum Gasteiger partial charge on any atom is 0.342 e. The molecule has 132 valence electrons. The summed E-state index contributed by atoms with van der Waals surface area (Å²) in [5, 5.41) is 9.37. The highest BCUT2D eigenvalue weighted by atomic mass is 16.5. The molecule has 0 atom stereocenters. The quantitative estimate of drug-likeness (QED) is 0.899. The van der Waals surface area contributed by atoms with E-state index in [4.69, 9.17) is 4.74 Å². The second kappa shape index (κ2) is 7.51. The van der Waals surface area contributed by atoms with Gasteiger partial charge in [-0.2, -0.15) is 4.98 Å². The van der Waals surface area contributed by atoms with Crippen molar-refractivity contribution in [2.24, 2.45) is 0 Å². The molecular formula is C19H23N3O3. The molecule has 1 aromatic carbocycles. The predicted molar refractivity (Wildman–Crippen MR) is 95.3 cm³/mol. The molecular weight excluding hydrogens is 318 g/mol. The number of aromatic nitrogens is 2. The zero-order chi connectivity index (χ0) is 17.8. The Morgan fingerprint density at radius 3 is 2.64 bits per heavy atom. The van der Waals surface area contributed by atoms with Crippen LogP contribution in [-0.2, 0) is 6.61 Å². The molecule has 25 heavy (non-hydrogen) atoms. The lowest BCUT2D eigenvalue weighted by Gasteiger charge is -2.26. The number of aryl methyl sites for hydroxylation is 2. The molecule has 1 saturated heterocycles. The van der Waals surface area contributed by atoms with E-state index in [1.807, 2.05) is 25.1 Å². The summed E-state index contributed by atoms with van der Waals surface area (Å²) in [6, 6.07) is 6.06. The van der Waals surface area contributed by atoms with Gasteiger partial charge in [-0.25, -0.2) is 9.78 Å². The van der Waals surface area contributed by atoms with Crippen LogP contribution in [0.4, 0.5) is 5.95 Å². The van der Waals surface area contributed by atoms with Crippen molar-refractivity contribution in [3.05, 3.63) is 46.6 Å². The Labute approximate surface area is 147 Å². The number of piperidine rings is 1. The van der Waals surface area contributed by atoms with Crippen LogP contribution in [0, 0.1) is 13.8 Å². The van der Waals surface area contributed by atoms with E-state index in [-0.39, 0.29) is 18.1 Å². The number of nitrogens with zero attached hydrogens (tertiary/aromatic N) is 3. The van der Waals surface area contributed by atoms with Gasteiger partial charge < -0.3 is 14.7 Å². The number of carboxylic acid groups (broad SMARTS) is 1. The third-order valence-electron chi connectivity index (χ3n) is 4.56. The molecule has 0 bridgehead atoms. The van der Waals surface area contributed by atoms with E-state index < -0.39 is 5.97 Å². The average Bonchev–Trinajstić information content (AvgIpc) is 2.63. The molecule has 6 heteroatoms. The van der Waals surface area contributed by atoms with Crippen molar-refractivity contribution >= 4 is 11.9 Å². The van der Waals surface area contributed by atoms with Gasteiger partial charge in [0.15, 0.2) is 0 Å². The largest absolute Gasteiger partial charge is 0.477 e. The monoisotopic (exact) mass is 341 g/mol. The van der Waals surface area contributed by atoms with Gasteiger partial charge in [-0.1, -0.05) is 18.2 Å². The van der Waals surface area contributed by atoms with Crippen LogP contribution in [0.15, 0.2) is 24.4 Å². The second-order valence-electron chi connectivity index (χ2n) is 6.45. The number of ether oxygens (including phenoxy) is 1. The van der Waals surface area contributed by atoms with Crippen molar-refractivity contribution in [1.29, 1.82) is 0 Å². The highest BCUT2D eigenvalue weighted by Gasteiger charge is 2.19. The van der Waals surface area contributed by atoms with Gasteiger partial charge in [-0.15, -0.1) is 0 Å². The molecule has 0 saturated carbocycles. The van der Waals surface area contributed by atoms with Gasteiger partial charge >= 0.3 is 5.97 Å². The number of hydrogen-bond acceptors (Lipinski definition) is 5. The molecule has 1 aliphatic heterocycles. The van der Waals surface area contributed by atoms with Crippen LogP contribution in [0.3, 0.4) is 0 Å². The predicted octanol–water partition coefficient (Wildman–Crippen LogP) is 3.36. The van der Waals surface area contributed by atoms with Crippen molar-refractivity contribution in [2.45, 2.75) is 39.7 Å². The Morgan fingerprint density at radius 1 is 1.20 bits per heavy atom. The summed E-state index contributed by atoms with van der Waals surface area (Å²) in [5.41, 5.74) is 3.36. The first-order valence-electron chi connectivity index (χ1n) is 8.59. The maximum absolute atomic E-state index is 11.4. The molecule has 0 unspecified atom stereocenters. The highest BCUT2D eigenvalue weighted by Crippen LogP contribution is 2.22. The van der Waals surface area contributed by atoms with Crippen LogP contribution in [0.1, 0.15) is 46.3 Å². The lowest BCUT2D eigenvalue weighted by molar-refractivity contribution is 0.0690. The zero-order valence-corrected chi connectivity index (χ0v) is 14.7. The van der Waals surface area contributed by atoms with Crippen molar-refractivity contribution in [3.8, 4) is 5.88 Å². The summed E-state index contributed by atoms with van der Waals surface area (Å²) in [6.45, 7) is 6.16. The minimum Gasteiger partial charge on any atom is -0.477 e. The Bertz CT molecular complexity index is 771. The average molecular weight is 341 g/mol. The number of carboxylic acids is 1. The molecule has 6 nitrogen and oxygen atoms in total. The van der Waals surface area contributed by atoms with Crippen LogP contribution >= 0.6 is 0 Å². The number of carbonyl (C=O) groups is 1. The van der Waals surface area contributed by atoms with Crippen molar-refractivity contribution in [3.63, 3.8) is 0 Å². The fraction of sp³-hybridized carbons (Fsp3) is 0.421. The molecule has 1 aliphatic rings. The minimum atomic E-state index is -1.08. The van der Waals surface area contributed by atoms with Crippen molar-refractivity contribution in [2.75, 3.05) is 18.0 Å². The van der Waals surface area contributed by atoms with Gasteiger partial charge in [0.25, 0.3) is 0 Å². The smallest absolute Gasteiger partial charge is 0.342 e. The Balaban J connectivity index is 1.81. The Morgan fingerprint density at radius 2 is 1.96 bits per heavy atom. The van der Waals surface area contributed by atoms with Gasteiger partial charge in [0.1, 0.15) is 12.2 Å². The number of benzene rings is 1. The number of rotatable bonds is 5. The topological polar surface area (TPSA) is 75.5 Å². The lowest BCUT2D eigenvalue weighted by Crippen LogP contribution is -2.31. The van der Waals surface area contributed by atoms with Gasteiger partial charge in [0, 0.05) is 13.1 Å². The van der Waals surface area contributed by atoms with Crippen molar-refractivity contribution < 1.29 is 14.6 Å². The zero-order valence-electron chi connectivity index (χ0n) is 14.7. The number of hydrogen-bond donors (Lipinski definition) is 1. The Hall–Kier alpha value is -2.63. The fourth-order valence-corrected chi connectivity index (χ4v) is 2.91. The summed E-state index contributed by atoms with van der Waals surface area (Å²) in [5.74, 6) is -0.415.